The molecule has 1 N–H and O–H groups in total. The maximum atomic E-state index is 13.5. The van der Waals surface area contributed by atoms with E-state index in [0.717, 1.165) is 28.3 Å². The molecule has 6 nitrogen and oxygen atoms in total. The number of amides is 1. The Bertz CT molecular complexity index is 1280. The van der Waals surface area contributed by atoms with E-state index in [4.69, 9.17) is 10.3 Å². The first-order chi connectivity index (χ1) is 16.2. The fourth-order valence-electron chi connectivity index (χ4n) is 4.51. The topological polar surface area (TPSA) is 87.1 Å². The van der Waals surface area contributed by atoms with E-state index in [1.807, 2.05) is 48.5 Å². The van der Waals surface area contributed by atoms with Crippen LogP contribution in [0.25, 0.3) is 21.6 Å². The fraction of sp³-hybridized carbons (Fsp3) is 0.208. The van der Waals surface area contributed by atoms with Crippen LogP contribution in [0.1, 0.15) is 33.7 Å². The van der Waals surface area contributed by atoms with Gasteiger partial charge in [0, 0.05) is 23.1 Å². The Morgan fingerprint density at radius 3 is 2.17 bits per heavy atom. The standard InChI is InChI=1S/C24H21BF3N4O2.K/c1-14-16(11-22(25(26,27)28)15(2)23(14)31-32-29)12-30-24(33)34-13-21-19-9-5-3-7-17(19)18-8-4-6-10-20(18)21;/h3-11,21H,12-13H2,1-2H3,(H,30,33);/q-1;+1. The molecule has 174 valence electrons. The number of ether oxygens (including phenoxy) is 1. The van der Waals surface area contributed by atoms with Crippen LogP contribution in [0.5, 0.6) is 0 Å². The zero-order chi connectivity index (χ0) is 24.5. The van der Waals surface area contributed by atoms with Gasteiger partial charge in [0.1, 0.15) is 6.61 Å². The number of nitrogens with zero attached hydrogens (tertiary/aromatic N) is 3. The maximum Gasteiger partial charge on any atom is 1.00 e. The summed E-state index contributed by atoms with van der Waals surface area (Å²) < 4.78 is 46.0. The summed E-state index contributed by atoms with van der Waals surface area (Å²) in [7, 11) is 0. The number of alkyl carbamates (subject to hydrolysis) is 1. The van der Waals surface area contributed by atoms with Gasteiger partial charge < -0.3 is 23.0 Å². The number of rotatable bonds is 6. The number of hydrogen-bond donors (Lipinski definition) is 1. The zero-order valence-electron chi connectivity index (χ0n) is 19.6. The second kappa shape index (κ2) is 11.2. The van der Waals surface area contributed by atoms with Crippen LogP contribution in [0, 0.1) is 13.8 Å². The Labute approximate surface area is 243 Å². The van der Waals surface area contributed by atoms with Gasteiger partial charge in [-0.1, -0.05) is 65.3 Å². The van der Waals surface area contributed by atoms with Crippen LogP contribution in [0.4, 0.5) is 23.4 Å². The molecule has 1 amide bonds. The molecule has 3 aromatic rings. The monoisotopic (exact) mass is 504 g/mol. The van der Waals surface area contributed by atoms with Crippen LogP contribution < -0.4 is 62.2 Å². The van der Waals surface area contributed by atoms with Gasteiger partial charge in [0.15, 0.2) is 0 Å². The van der Waals surface area contributed by atoms with Crippen molar-refractivity contribution in [3.63, 3.8) is 0 Å². The van der Waals surface area contributed by atoms with Crippen LogP contribution in [-0.4, -0.2) is 19.7 Å². The average molecular weight is 504 g/mol. The third-order valence-corrected chi connectivity index (χ3v) is 6.22. The SMILES string of the molecule is Cc1c(CNC(=O)OCC2c3ccccc3-c3ccccc32)cc([B-](F)(F)F)c(C)c1N=[N+]=[N-].[K+]. The third-order valence-electron chi connectivity index (χ3n) is 6.22. The molecular weight excluding hydrogens is 483 g/mol. The quantitative estimate of drug-likeness (QED) is 0.242. The van der Waals surface area contributed by atoms with E-state index in [2.05, 4.69) is 15.3 Å². The van der Waals surface area contributed by atoms with Crippen molar-refractivity contribution in [1.82, 2.24) is 5.32 Å². The molecule has 35 heavy (non-hydrogen) atoms. The molecule has 0 saturated carbocycles. The van der Waals surface area contributed by atoms with Gasteiger partial charge in [0.25, 0.3) is 0 Å². The van der Waals surface area contributed by atoms with Crippen molar-refractivity contribution in [2.75, 3.05) is 6.61 Å². The largest absolute Gasteiger partial charge is 1.00 e. The minimum Gasteiger partial charge on any atom is -0.449 e. The van der Waals surface area contributed by atoms with Gasteiger partial charge in [-0.25, -0.2) is 4.79 Å². The van der Waals surface area contributed by atoms with Gasteiger partial charge >= 0.3 is 64.5 Å². The molecular formula is C24H21BF3KN4O2. The van der Waals surface area contributed by atoms with Crippen LogP contribution in [0.15, 0.2) is 59.7 Å². The summed E-state index contributed by atoms with van der Waals surface area (Å²) in [5.74, 6) is -0.129. The first-order valence-electron chi connectivity index (χ1n) is 10.7. The number of carbonyl (C=O) groups is 1. The predicted octanol–water partition coefficient (Wildman–Crippen LogP) is 3.34. The van der Waals surface area contributed by atoms with Gasteiger partial charge in [0.05, 0.1) is 0 Å². The number of carbonyl (C=O) groups excluding carboxylic acids is 1. The minimum atomic E-state index is -5.33. The van der Waals surface area contributed by atoms with E-state index in [1.54, 1.807) is 6.92 Å². The Morgan fingerprint density at radius 1 is 1.06 bits per heavy atom. The fourth-order valence-corrected chi connectivity index (χ4v) is 4.51. The van der Waals surface area contributed by atoms with Gasteiger partial charge in [-0.3, -0.25) is 0 Å². The van der Waals surface area contributed by atoms with E-state index >= 15 is 0 Å². The van der Waals surface area contributed by atoms with Gasteiger partial charge in [-0.2, -0.15) is 0 Å². The second-order valence-electron chi connectivity index (χ2n) is 8.17. The van der Waals surface area contributed by atoms with Gasteiger partial charge in [-0.05, 0) is 52.8 Å². The summed E-state index contributed by atoms with van der Waals surface area (Å²) in [6.07, 6.45) is -0.744. The molecule has 11 heteroatoms. The predicted molar refractivity (Wildman–Crippen MR) is 125 cm³/mol. The van der Waals surface area contributed by atoms with E-state index in [0.29, 0.717) is 5.56 Å². The molecule has 4 rings (SSSR count). The van der Waals surface area contributed by atoms with Crippen molar-refractivity contribution in [2.45, 2.75) is 26.3 Å². The molecule has 0 aromatic heterocycles. The van der Waals surface area contributed by atoms with Crippen molar-refractivity contribution in [2.24, 2.45) is 5.11 Å². The van der Waals surface area contributed by atoms with E-state index < -0.39 is 18.5 Å². The Morgan fingerprint density at radius 2 is 1.63 bits per heavy atom. The number of benzene rings is 3. The summed E-state index contributed by atoms with van der Waals surface area (Å²) in [6.45, 7) is -2.61. The first-order valence-corrected chi connectivity index (χ1v) is 10.7. The molecule has 0 heterocycles. The summed E-state index contributed by atoms with van der Waals surface area (Å²) in [5.41, 5.74) is 12.6. The molecule has 3 aromatic carbocycles. The zero-order valence-corrected chi connectivity index (χ0v) is 22.7. The van der Waals surface area contributed by atoms with Crippen molar-refractivity contribution >= 4 is 24.2 Å². The molecule has 1 aliphatic rings. The third kappa shape index (κ3) is 5.61. The van der Waals surface area contributed by atoms with Crippen LogP contribution in [0.3, 0.4) is 0 Å². The maximum absolute atomic E-state index is 13.5. The number of fused-ring (bicyclic) bond motifs is 3. The molecule has 0 radical (unpaired) electrons. The summed E-state index contributed by atoms with van der Waals surface area (Å²) in [6, 6.07) is 16.8. The van der Waals surface area contributed by atoms with E-state index in [1.165, 1.54) is 6.92 Å². The Balaban J connectivity index is 0.00000342. The van der Waals surface area contributed by atoms with E-state index in [-0.39, 0.29) is 87.3 Å². The smallest absolute Gasteiger partial charge is 0.449 e. The molecule has 0 fully saturated rings. The van der Waals surface area contributed by atoms with Crippen LogP contribution >= 0.6 is 0 Å². The second-order valence-corrected chi connectivity index (χ2v) is 8.17. The summed E-state index contributed by atoms with van der Waals surface area (Å²) >= 11 is 0. The number of nitrogens with one attached hydrogen (secondary N) is 1. The Kier molecular flexibility index (Phi) is 8.74. The minimum absolute atomic E-state index is 0. The van der Waals surface area contributed by atoms with E-state index in [9.17, 15) is 17.7 Å². The molecule has 0 aliphatic heterocycles. The Hall–Kier alpha value is -2.27. The first kappa shape index (κ1) is 27.3. The molecule has 0 spiro atoms. The molecule has 0 saturated heterocycles. The van der Waals surface area contributed by atoms with Crippen molar-refractivity contribution in [1.29, 1.82) is 0 Å². The number of halogens is 3. The van der Waals surface area contributed by atoms with Crippen molar-refractivity contribution < 1.29 is 73.9 Å². The number of hydrogen-bond acceptors (Lipinski definition) is 3. The van der Waals surface area contributed by atoms with Crippen LogP contribution in [0.2, 0.25) is 0 Å². The van der Waals surface area contributed by atoms with Crippen molar-refractivity contribution in [3.8, 4) is 11.1 Å². The molecule has 1 aliphatic carbocycles. The molecule has 0 atom stereocenters. The van der Waals surface area contributed by atoms with Crippen molar-refractivity contribution in [3.05, 3.63) is 92.9 Å². The number of azide groups is 1. The summed E-state index contributed by atoms with van der Waals surface area (Å²) in [5, 5.41) is 5.97. The van der Waals surface area contributed by atoms with Gasteiger partial charge in [0.2, 0.25) is 0 Å². The summed E-state index contributed by atoms with van der Waals surface area (Å²) in [4.78, 5) is 15.1. The molecule has 0 bridgehead atoms. The van der Waals surface area contributed by atoms with Crippen LogP contribution in [-0.2, 0) is 11.3 Å². The normalized spacial score (nSPS) is 12.1. The average Bonchev–Trinajstić information content (AvgIpc) is 3.13. The van der Waals surface area contributed by atoms with Gasteiger partial charge in [-0.15, -0.1) is 5.46 Å². The molecule has 0 unspecified atom stereocenters.